The summed E-state index contributed by atoms with van der Waals surface area (Å²) in [6, 6.07) is 3.52. The highest BCUT2D eigenvalue weighted by atomic mass is 79.9. The topological polar surface area (TPSA) is 98.0 Å². The van der Waals surface area contributed by atoms with Crippen LogP contribution < -0.4 is 11.2 Å². The van der Waals surface area contributed by atoms with Gasteiger partial charge in [-0.1, -0.05) is 11.6 Å². The van der Waals surface area contributed by atoms with Crippen LogP contribution in [0, 0.1) is 23.7 Å². The molecule has 1 rings (SSSR count). The molecule has 0 radical (unpaired) electrons. The van der Waals surface area contributed by atoms with Crippen LogP contribution in [0.25, 0.3) is 0 Å². The number of nitrogens with two attached hydrogens (primary N) is 1. The molecule has 0 amide bonds. The minimum absolute atomic E-state index is 0.203. The van der Waals surface area contributed by atoms with Crippen LogP contribution in [0.1, 0.15) is 5.56 Å². The minimum Gasteiger partial charge on any atom is -0.382 e. The molecule has 0 heterocycles. The number of hydrazone groups is 1. The van der Waals surface area contributed by atoms with Gasteiger partial charge in [-0.3, -0.25) is 10.8 Å². The number of anilines is 1. The van der Waals surface area contributed by atoms with Crippen molar-refractivity contribution >= 4 is 60.7 Å². The predicted octanol–water partition coefficient (Wildman–Crippen LogP) is 3.40. The quantitative estimate of drug-likeness (QED) is 0.318. The zero-order chi connectivity index (χ0) is 13.9. The molecule has 8 heteroatoms. The van der Waals surface area contributed by atoms with Crippen LogP contribution in [0.4, 0.5) is 5.69 Å². The summed E-state index contributed by atoms with van der Waals surface area (Å²) >= 11 is 12.8. The molecule has 0 unspecified atom stereocenters. The maximum absolute atomic E-state index is 8.72. The Bertz CT molecular complexity index is 577. The number of benzene rings is 1. The van der Waals surface area contributed by atoms with Crippen molar-refractivity contribution in [3.63, 3.8) is 0 Å². The van der Waals surface area contributed by atoms with Gasteiger partial charge in [-0.05, 0) is 50.4 Å². The molecule has 0 saturated heterocycles. The molecule has 0 aromatic heterocycles. The summed E-state index contributed by atoms with van der Waals surface area (Å²) in [6.07, 6.45) is 0. The molecule has 0 aliphatic rings. The number of aryl methyl sites for hydroxylation is 1. The lowest BCUT2D eigenvalue weighted by Crippen LogP contribution is -2.22. The second-order valence-corrected chi connectivity index (χ2v) is 5.30. The van der Waals surface area contributed by atoms with Crippen LogP contribution >= 0.6 is 43.5 Å². The SMILES string of the molecule is Cc1cc(Br)c(N/N=C(\C#N)C(=N)N)c(Br)c1Cl. The molecule has 0 spiro atoms. The predicted molar refractivity (Wildman–Crippen MR) is 80.2 cm³/mol. The highest BCUT2D eigenvalue weighted by Crippen LogP contribution is 2.38. The van der Waals surface area contributed by atoms with Crippen molar-refractivity contribution in [3.8, 4) is 6.07 Å². The second kappa shape index (κ2) is 6.18. The molecule has 0 aliphatic carbocycles. The van der Waals surface area contributed by atoms with E-state index in [1.807, 2.05) is 13.0 Å². The number of nitrogens with one attached hydrogen (secondary N) is 2. The van der Waals surface area contributed by atoms with Crippen LogP contribution in [0.5, 0.6) is 0 Å². The van der Waals surface area contributed by atoms with Gasteiger partial charge in [0.2, 0.25) is 5.71 Å². The van der Waals surface area contributed by atoms with E-state index in [1.54, 1.807) is 6.07 Å². The molecule has 1 aromatic rings. The molecule has 94 valence electrons. The number of halogens is 3. The smallest absolute Gasteiger partial charge is 0.201 e. The molecular weight excluding hydrogens is 385 g/mol. The third-order valence-corrected chi connectivity index (χ3v) is 4.11. The van der Waals surface area contributed by atoms with Crippen molar-refractivity contribution in [2.24, 2.45) is 10.8 Å². The first-order chi connectivity index (χ1) is 8.38. The first kappa shape index (κ1) is 15.0. The van der Waals surface area contributed by atoms with Gasteiger partial charge in [-0.2, -0.15) is 10.4 Å². The van der Waals surface area contributed by atoms with Gasteiger partial charge in [0.05, 0.1) is 15.2 Å². The summed E-state index contributed by atoms with van der Waals surface area (Å²) in [5, 5.41) is 20.1. The number of amidine groups is 1. The van der Waals surface area contributed by atoms with Crippen LogP contribution in [-0.4, -0.2) is 11.5 Å². The maximum atomic E-state index is 8.72. The fourth-order valence-corrected chi connectivity index (χ4v) is 2.73. The van der Waals surface area contributed by atoms with Crippen LogP contribution in [0.2, 0.25) is 5.02 Å². The summed E-state index contributed by atoms with van der Waals surface area (Å²) in [4.78, 5) is 0. The molecule has 1 aromatic carbocycles. The normalized spacial score (nSPS) is 10.9. The van der Waals surface area contributed by atoms with Gasteiger partial charge in [0.15, 0.2) is 5.84 Å². The lowest BCUT2D eigenvalue weighted by Gasteiger charge is -2.10. The number of hydrogen-bond donors (Lipinski definition) is 3. The van der Waals surface area contributed by atoms with Crippen molar-refractivity contribution in [3.05, 3.63) is 25.6 Å². The van der Waals surface area contributed by atoms with E-state index < -0.39 is 5.84 Å². The van der Waals surface area contributed by atoms with Gasteiger partial charge in [0.1, 0.15) is 6.07 Å². The van der Waals surface area contributed by atoms with E-state index in [0.717, 1.165) is 10.0 Å². The Morgan fingerprint density at radius 3 is 2.72 bits per heavy atom. The van der Waals surface area contributed by atoms with Gasteiger partial charge >= 0.3 is 0 Å². The zero-order valence-corrected chi connectivity index (χ0v) is 13.1. The van der Waals surface area contributed by atoms with Crippen LogP contribution in [-0.2, 0) is 0 Å². The summed E-state index contributed by atoms with van der Waals surface area (Å²) in [5.74, 6) is -0.407. The Balaban J connectivity index is 3.18. The maximum Gasteiger partial charge on any atom is 0.201 e. The molecule has 0 bridgehead atoms. The first-order valence-electron chi connectivity index (χ1n) is 4.60. The number of hydrogen-bond acceptors (Lipinski definition) is 4. The lowest BCUT2D eigenvalue weighted by molar-refractivity contribution is 1.30. The molecule has 5 nitrogen and oxygen atoms in total. The zero-order valence-electron chi connectivity index (χ0n) is 9.18. The Morgan fingerprint density at radius 1 is 1.61 bits per heavy atom. The first-order valence-corrected chi connectivity index (χ1v) is 6.57. The summed E-state index contributed by atoms with van der Waals surface area (Å²) in [6.45, 7) is 1.86. The van der Waals surface area contributed by atoms with E-state index in [4.69, 9.17) is 28.0 Å². The van der Waals surface area contributed by atoms with Crippen molar-refractivity contribution in [2.75, 3.05) is 5.43 Å². The largest absolute Gasteiger partial charge is 0.382 e. The lowest BCUT2D eigenvalue weighted by atomic mass is 10.2. The van der Waals surface area contributed by atoms with Crippen molar-refractivity contribution in [1.82, 2.24) is 0 Å². The summed E-state index contributed by atoms with van der Waals surface area (Å²) in [5.41, 5.74) is 9.07. The van der Waals surface area contributed by atoms with E-state index in [9.17, 15) is 0 Å². The Hall–Kier alpha value is -1.10. The molecule has 0 aliphatic heterocycles. The number of rotatable bonds is 3. The standard InChI is InChI=1S/C10H8Br2ClN5/c1-4-2-5(11)9(7(12)8(4)13)18-17-6(3-14)10(15)16/h2,18H,1H3,(H3,15,16)/b17-6+. The Labute approximate surface area is 126 Å². The van der Waals surface area contributed by atoms with Gasteiger partial charge in [0.25, 0.3) is 0 Å². The molecular formula is C10H8Br2ClN5. The van der Waals surface area contributed by atoms with Gasteiger partial charge < -0.3 is 5.73 Å². The molecule has 18 heavy (non-hydrogen) atoms. The van der Waals surface area contributed by atoms with E-state index in [-0.39, 0.29) is 5.71 Å². The highest BCUT2D eigenvalue weighted by Gasteiger charge is 2.12. The fraction of sp³-hybridized carbons (Fsp3) is 0.100. The number of nitrogens with zero attached hydrogens (tertiary/aromatic N) is 2. The van der Waals surface area contributed by atoms with Crippen LogP contribution in [0.3, 0.4) is 0 Å². The second-order valence-electron chi connectivity index (χ2n) is 3.28. The fourth-order valence-electron chi connectivity index (χ4n) is 1.07. The Kier molecular flexibility index (Phi) is 5.14. The van der Waals surface area contributed by atoms with E-state index in [2.05, 4.69) is 42.4 Å². The van der Waals surface area contributed by atoms with E-state index in [1.165, 1.54) is 0 Å². The van der Waals surface area contributed by atoms with Crippen molar-refractivity contribution < 1.29 is 0 Å². The molecule has 0 saturated carbocycles. The average Bonchev–Trinajstić information content (AvgIpc) is 2.30. The molecule has 0 atom stereocenters. The summed E-state index contributed by atoms with van der Waals surface area (Å²) < 4.78 is 1.33. The summed E-state index contributed by atoms with van der Waals surface area (Å²) in [7, 11) is 0. The van der Waals surface area contributed by atoms with Crippen LogP contribution in [0.15, 0.2) is 20.1 Å². The molecule has 0 fully saturated rings. The Morgan fingerprint density at radius 2 is 2.22 bits per heavy atom. The van der Waals surface area contributed by atoms with E-state index in [0.29, 0.717) is 15.2 Å². The third-order valence-electron chi connectivity index (χ3n) is 1.98. The molecule has 4 N–H and O–H groups in total. The highest BCUT2D eigenvalue weighted by molar-refractivity contribution is 9.11. The third kappa shape index (κ3) is 3.22. The monoisotopic (exact) mass is 391 g/mol. The minimum atomic E-state index is -0.407. The number of nitriles is 1. The van der Waals surface area contributed by atoms with Crippen molar-refractivity contribution in [2.45, 2.75) is 6.92 Å². The van der Waals surface area contributed by atoms with Gasteiger partial charge in [-0.25, -0.2) is 0 Å². The van der Waals surface area contributed by atoms with Crippen molar-refractivity contribution in [1.29, 1.82) is 10.7 Å². The van der Waals surface area contributed by atoms with Gasteiger partial charge in [0, 0.05) is 4.47 Å². The average molecular weight is 393 g/mol. The van der Waals surface area contributed by atoms with Gasteiger partial charge in [-0.15, -0.1) is 0 Å². The van der Waals surface area contributed by atoms with E-state index >= 15 is 0 Å².